The Morgan fingerprint density at radius 3 is 2.83 bits per heavy atom. The molecule has 2 nitrogen and oxygen atoms in total. The van der Waals surface area contributed by atoms with Crippen LogP contribution in [-0.2, 0) is 4.74 Å². The number of allylic oxidation sites excluding steroid dienone is 6. The largest absolute Gasteiger partial charge is 0.497 e. The average molecular weight is 243 g/mol. The van der Waals surface area contributed by atoms with Gasteiger partial charge in [0.2, 0.25) is 0 Å². The Labute approximate surface area is 110 Å². The van der Waals surface area contributed by atoms with Crippen molar-refractivity contribution in [3.63, 3.8) is 0 Å². The number of hydrogen-bond donors (Lipinski definition) is 0. The van der Waals surface area contributed by atoms with Crippen LogP contribution in [0.15, 0.2) is 65.4 Å². The van der Waals surface area contributed by atoms with Crippen LogP contribution in [0, 0.1) is 5.92 Å². The molecule has 18 heavy (non-hydrogen) atoms. The number of aliphatic imine (C=N–C) groups is 1. The van der Waals surface area contributed by atoms with Crippen LogP contribution in [0.5, 0.6) is 0 Å². The molecule has 0 spiro atoms. The van der Waals surface area contributed by atoms with Gasteiger partial charge in [-0.15, -0.1) is 0 Å². The van der Waals surface area contributed by atoms with E-state index in [1.54, 1.807) is 13.2 Å². The molecule has 2 unspecified atom stereocenters. The molecule has 1 rings (SSSR count). The molecule has 2 heteroatoms. The second-order valence-electron chi connectivity index (χ2n) is 4.14. The van der Waals surface area contributed by atoms with Gasteiger partial charge in [-0.1, -0.05) is 43.9 Å². The van der Waals surface area contributed by atoms with Crippen molar-refractivity contribution in [2.45, 2.75) is 19.9 Å². The van der Waals surface area contributed by atoms with Crippen LogP contribution in [0.4, 0.5) is 0 Å². The number of hydrogen-bond acceptors (Lipinski definition) is 2. The van der Waals surface area contributed by atoms with Crippen LogP contribution >= 0.6 is 0 Å². The molecule has 0 bridgehead atoms. The van der Waals surface area contributed by atoms with E-state index < -0.39 is 0 Å². The topological polar surface area (TPSA) is 21.6 Å². The molecule has 1 aliphatic rings. The zero-order chi connectivity index (χ0) is 13.4. The third-order valence-electron chi connectivity index (χ3n) is 2.81. The molecule has 0 aromatic rings. The maximum absolute atomic E-state index is 5.20. The van der Waals surface area contributed by atoms with Crippen LogP contribution in [0.1, 0.15) is 13.8 Å². The molecular formula is C16H21NO. The van der Waals surface area contributed by atoms with Crippen molar-refractivity contribution >= 4 is 6.21 Å². The highest BCUT2D eigenvalue weighted by Gasteiger charge is 2.15. The normalized spacial score (nSPS) is 24.6. The minimum Gasteiger partial charge on any atom is -0.497 e. The lowest BCUT2D eigenvalue weighted by Crippen LogP contribution is -2.15. The summed E-state index contributed by atoms with van der Waals surface area (Å²) in [6.07, 6.45) is 15.7. The number of rotatable bonds is 5. The van der Waals surface area contributed by atoms with E-state index in [1.165, 1.54) is 0 Å². The maximum atomic E-state index is 5.20. The second kappa shape index (κ2) is 7.49. The molecule has 0 heterocycles. The van der Waals surface area contributed by atoms with Gasteiger partial charge in [-0.2, -0.15) is 0 Å². The van der Waals surface area contributed by atoms with Crippen molar-refractivity contribution in [3.8, 4) is 0 Å². The first-order valence-corrected chi connectivity index (χ1v) is 6.14. The van der Waals surface area contributed by atoms with E-state index in [4.69, 9.17) is 4.74 Å². The smallest absolute Gasteiger partial charge is 0.115 e. The fourth-order valence-corrected chi connectivity index (χ4v) is 1.67. The van der Waals surface area contributed by atoms with Crippen LogP contribution in [0.3, 0.4) is 0 Å². The summed E-state index contributed by atoms with van der Waals surface area (Å²) in [5.41, 5.74) is 1.08. The number of nitrogens with zero attached hydrogens (tertiary/aromatic N) is 1. The summed E-state index contributed by atoms with van der Waals surface area (Å²) in [5.74, 6) is 1.26. The molecule has 2 atom stereocenters. The van der Waals surface area contributed by atoms with Crippen LogP contribution in [-0.4, -0.2) is 19.4 Å². The summed E-state index contributed by atoms with van der Waals surface area (Å²) < 4.78 is 5.20. The molecule has 0 aromatic carbocycles. The number of methoxy groups -OCH3 is 1. The second-order valence-corrected chi connectivity index (χ2v) is 4.14. The van der Waals surface area contributed by atoms with Gasteiger partial charge in [0.05, 0.1) is 13.2 Å². The quantitative estimate of drug-likeness (QED) is 0.531. The minimum absolute atomic E-state index is 0.177. The lowest BCUT2D eigenvalue weighted by Gasteiger charge is -2.18. The SMILES string of the molecule is C=C/C=C\C(C=NC1C=CC(OC)=CC1C)=C/C. The van der Waals surface area contributed by atoms with Gasteiger partial charge >= 0.3 is 0 Å². The van der Waals surface area contributed by atoms with Crippen molar-refractivity contribution in [3.05, 3.63) is 60.4 Å². The Kier molecular flexibility index (Phi) is 5.92. The van der Waals surface area contributed by atoms with Gasteiger partial charge in [0.1, 0.15) is 5.76 Å². The van der Waals surface area contributed by atoms with E-state index in [1.807, 2.05) is 37.4 Å². The van der Waals surface area contributed by atoms with Crippen molar-refractivity contribution < 1.29 is 4.74 Å². The van der Waals surface area contributed by atoms with Crippen LogP contribution < -0.4 is 0 Å². The molecule has 1 aliphatic carbocycles. The lowest BCUT2D eigenvalue weighted by molar-refractivity contribution is 0.299. The van der Waals surface area contributed by atoms with E-state index >= 15 is 0 Å². The summed E-state index contributed by atoms with van der Waals surface area (Å²) >= 11 is 0. The van der Waals surface area contributed by atoms with Gasteiger partial charge in [0, 0.05) is 12.1 Å². The van der Waals surface area contributed by atoms with E-state index in [0.29, 0.717) is 5.92 Å². The van der Waals surface area contributed by atoms with Crippen LogP contribution in [0.25, 0.3) is 0 Å². The predicted molar refractivity (Wildman–Crippen MR) is 78.8 cm³/mol. The van der Waals surface area contributed by atoms with Crippen LogP contribution in [0.2, 0.25) is 0 Å². The van der Waals surface area contributed by atoms with Crippen molar-refractivity contribution in [1.29, 1.82) is 0 Å². The van der Waals surface area contributed by atoms with Gasteiger partial charge in [0.25, 0.3) is 0 Å². The Bertz CT molecular complexity index is 424. The maximum Gasteiger partial charge on any atom is 0.115 e. The molecule has 0 saturated heterocycles. The molecule has 0 radical (unpaired) electrons. The zero-order valence-electron chi connectivity index (χ0n) is 11.3. The highest BCUT2D eigenvalue weighted by atomic mass is 16.5. The Morgan fingerprint density at radius 2 is 2.28 bits per heavy atom. The highest BCUT2D eigenvalue weighted by Crippen LogP contribution is 2.19. The fraction of sp³-hybridized carbons (Fsp3) is 0.312. The molecule has 0 saturated carbocycles. The van der Waals surface area contributed by atoms with Crippen molar-refractivity contribution in [1.82, 2.24) is 0 Å². The Hall–Kier alpha value is -1.83. The Morgan fingerprint density at radius 1 is 1.50 bits per heavy atom. The lowest BCUT2D eigenvalue weighted by atomic mass is 9.97. The molecule has 96 valence electrons. The van der Waals surface area contributed by atoms with Crippen molar-refractivity contribution in [2.75, 3.05) is 7.11 Å². The third-order valence-corrected chi connectivity index (χ3v) is 2.81. The zero-order valence-corrected chi connectivity index (χ0v) is 11.3. The first-order valence-electron chi connectivity index (χ1n) is 6.14. The summed E-state index contributed by atoms with van der Waals surface area (Å²) in [5, 5.41) is 0. The average Bonchev–Trinajstić information content (AvgIpc) is 2.40. The molecule has 0 fully saturated rings. The van der Waals surface area contributed by atoms with Gasteiger partial charge in [-0.05, 0) is 24.6 Å². The first-order chi connectivity index (χ1) is 8.71. The monoisotopic (exact) mass is 243 g/mol. The molecule has 0 amide bonds. The molecule has 0 N–H and O–H groups in total. The standard InChI is InChI=1S/C16H21NO/c1-5-7-8-14(6-2)12-17-16-10-9-15(18-4)11-13(16)3/h5-13,16H,1H2,2-4H3/b8-7-,14-6+,17-12?. The van der Waals surface area contributed by atoms with Crippen molar-refractivity contribution in [2.24, 2.45) is 10.9 Å². The van der Waals surface area contributed by atoms with Gasteiger partial charge < -0.3 is 4.74 Å². The minimum atomic E-state index is 0.177. The summed E-state index contributed by atoms with van der Waals surface area (Å²) in [6, 6.07) is 0.177. The Balaban J connectivity index is 2.69. The summed E-state index contributed by atoms with van der Waals surface area (Å²) in [4.78, 5) is 4.59. The highest BCUT2D eigenvalue weighted by molar-refractivity contribution is 5.82. The third kappa shape index (κ3) is 4.21. The summed E-state index contributed by atoms with van der Waals surface area (Å²) in [6.45, 7) is 7.79. The fourth-order valence-electron chi connectivity index (χ4n) is 1.67. The molecule has 0 aliphatic heterocycles. The molecule has 0 aromatic heterocycles. The van der Waals surface area contributed by atoms with Gasteiger partial charge in [0.15, 0.2) is 0 Å². The predicted octanol–water partition coefficient (Wildman–Crippen LogP) is 3.85. The first kappa shape index (κ1) is 14.2. The molecular weight excluding hydrogens is 222 g/mol. The van der Waals surface area contributed by atoms with E-state index in [0.717, 1.165) is 11.3 Å². The van der Waals surface area contributed by atoms with E-state index in [9.17, 15) is 0 Å². The van der Waals surface area contributed by atoms with Gasteiger partial charge in [-0.25, -0.2) is 0 Å². The summed E-state index contributed by atoms with van der Waals surface area (Å²) in [7, 11) is 1.69. The van der Waals surface area contributed by atoms with Gasteiger partial charge in [-0.3, -0.25) is 4.99 Å². The number of ether oxygens (including phenoxy) is 1. The van der Waals surface area contributed by atoms with E-state index in [-0.39, 0.29) is 6.04 Å². The van der Waals surface area contributed by atoms with E-state index in [2.05, 4.69) is 30.6 Å².